The maximum Gasteiger partial charge on any atom is 0.410 e. The van der Waals surface area contributed by atoms with Crippen molar-refractivity contribution in [2.45, 2.75) is 98.1 Å². The van der Waals surface area contributed by atoms with Crippen molar-refractivity contribution in [2.24, 2.45) is 11.8 Å². The summed E-state index contributed by atoms with van der Waals surface area (Å²) < 4.78 is 19.8. The molecule has 0 spiro atoms. The summed E-state index contributed by atoms with van der Waals surface area (Å²) in [7, 11) is -0.274. The van der Waals surface area contributed by atoms with Gasteiger partial charge in [0, 0.05) is 81.7 Å². The van der Waals surface area contributed by atoms with Gasteiger partial charge in [-0.1, -0.05) is 26.8 Å². The van der Waals surface area contributed by atoms with Crippen LogP contribution in [0.4, 0.5) is 4.79 Å². The molecule has 2 heterocycles. The summed E-state index contributed by atoms with van der Waals surface area (Å²) in [5, 5.41) is 1.21. The van der Waals surface area contributed by atoms with E-state index in [-0.39, 0.29) is 34.9 Å². The average Bonchev–Trinajstić information content (AvgIpc) is 3.47. The van der Waals surface area contributed by atoms with Gasteiger partial charge in [0.1, 0.15) is 5.60 Å². The zero-order valence-corrected chi connectivity index (χ0v) is 29.0. The number of amides is 2. The number of likely N-dealkylation sites (tertiary alicyclic amines) is 1. The fraction of sp³-hybridized carbons (Fsp3) is 0.697. The number of carbonyl (C=O) groups is 2. The SMILES string of the molecule is COCCCn1ccc2ccc(C(=O)N(C[C@@H]3CN(C(=O)OC(C)(C)C)C[C@H]3CO[Si](C)(C)C(C)(C)C)C(C)C)cc21. The van der Waals surface area contributed by atoms with E-state index in [0.29, 0.717) is 38.4 Å². The number of fused-ring (bicyclic) bond motifs is 1. The molecule has 1 aromatic carbocycles. The molecule has 2 atom stereocenters. The Bertz CT molecular complexity index is 1210. The number of ether oxygens (including phenoxy) is 2. The third-order valence-corrected chi connectivity index (χ3v) is 13.3. The molecule has 3 rings (SSSR count). The number of methoxy groups -OCH3 is 1. The number of hydrogen-bond donors (Lipinski definition) is 0. The number of nitrogens with zero attached hydrogens (tertiary/aromatic N) is 3. The van der Waals surface area contributed by atoms with Crippen molar-refractivity contribution in [1.82, 2.24) is 14.4 Å². The van der Waals surface area contributed by atoms with E-state index >= 15 is 0 Å². The van der Waals surface area contributed by atoms with Crippen molar-refractivity contribution in [3.8, 4) is 0 Å². The summed E-state index contributed by atoms with van der Waals surface area (Å²) in [6.45, 7) is 24.8. The molecular formula is C33H55N3O5Si. The smallest absolute Gasteiger partial charge is 0.410 e. The van der Waals surface area contributed by atoms with E-state index in [1.54, 1.807) is 12.0 Å². The van der Waals surface area contributed by atoms with Gasteiger partial charge >= 0.3 is 6.09 Å². The van der Waals surface area contributed by atoms with Crippen LogP contribution in [-0.4, -0.2) is 86.3 Å². The molecule has 1 saturated heterocycles. The van der Waals surface area contributed by atoms with Crippen LogP contribution in [-0.2, 0) is 20.4 Å². The Morgan fingerprint density at radius 1 is 1.05 bits per heavy atom. The van der Waals surface area contributed by atoms with Crippen molar-refractivity contribution in [3.05, 3.63) is 36.0 Å². The van der Waals surface area contributed by atoms with Gasteiger partial charge in [-0.25, -0.2) is 4.79 Å². The van der Waals surface area contributed by atoms with Crippen LogP contribution in [0.25, 0.3) is 10.9 Å². The van der Waals surface area contributed by atoms with Crippen LogP contribution >= 0.6 is 0 Å². The van der Waals surface area contributed by atoms with Gasteiger partial charge in [0.2, 0.25) is 0 Å². The summed E-state index contributed by atoms with van der Waals surface area (Å²) in [5.41, 5.74) is 1.17. The number of aryl methyl sites for hydroxylation is 1. The Kier molecular flexibility index (Phi) is 11.0. The summed E-state index contributed by atoms with van der Waals surface area (Å²) >= 11 is 0. The Morgan fingerprint density at radius 3 is 2.31 bits per heavy atom. The van der Waals surface area contributed by atoms with E-state index in [0.717, 1.165) is 23.9 Å². The van der Waals surface area contributed by atoms with E-state index in [9.17, 15) is 9.59 Å². The van der Waals surface area contributed by atoms with E-state index < -0.39 is 13.9 Å². The van der Waals surface area contributed by atoms with Crippen LogP contribution in [0.1, 0.15) is 72.2 Å². The summed E-state index contributed by atoms with van der Waals surface area (Å²) in [4.78, 5) is 30.9. The minimum Gasteiger partial charge on any atom is -0.444 e. The maximum absolute atomic E-state index is 14.0. The van der Waals surface area contributed by atoms with Gasteiger partial charge in [0.15, 0.2) is 8.32 Å². The van der Waals surface area contributed by atoms with Crippen LogP contribution in [0.3, 0.4) is 0 Å². The molecule has 2 aromatic rings. The summed E-state index contributed by atoms with van der Waals surface area (Å²) in [6.07, 6.45) is 2.68. The third-order valence-electron chi connectivity index (χ3n) is 8.78. The predicted molar refractivity (Wildman–Crippen MR) is 173 cm³/mol. The lowest BCUT2D eigenvalue weighted by Crippen LogP contribution is -2.45. The lowest BCUT2D eigenvalue weighted by atomic mass is 9.95. The molecule has 9 heteroatoms. The Labute approximate surface area is 254 Å². The highest BCUT2D eigenvalue weighted by molar-refractivity contribution is 6.74. The van der Waals surface area contributed by atoms with E-state index in [1.165, 1.54) is 0 Å². The Balaban J connectivity index is 1.84. The minimum atomic E-state index is -1.99. The average molecular weight is 602 g/mol. The monoisotopic (exact) mass is 601 g/mol. The second-order valence-corrected chi connectivity index (χ2v) is 19.5. The highest BCUT2D eigenvalue weighted by atomic mass is 28.4. The summed E-state index contributed by atoms with van der Waals surface area (Å²) in [5.74, 6) is 0.202. The van der Waals surface area contributed by atoms with E-state index in [4.69, 9.17) is 13.9 Å². The van der Waals surface area contributed by atoms with Crippen molar-refractivity contribution in [3.63, 3.8) is 0 Å². The van der Waals surface area contributed by atoms with Crippen molar-refractivity contribution < 1.29 is 23.5 Å². The van der Waals surface area contributed by atoms with Crippen LogP contribution in [0.2, 0.25) is 18.1 Å². The van der Waals surface area contributed by atoms with Gasteiger partial charge in [0.25, 0.3) is 5.91 Å². The molecule has 236 valence electrons. The Hall–Kier alpha value is -2.36. The number of hydrogen-bond acceptors (Lipinski definition) is 5. The molecule has 8 nitrogen and oxygen atoms in total. The van der Waals surface area contributed by atoms with Gasteiger partial charge in [0.05, 0.1) is 0 Å². The fourth-order valence-corrected chi connectivity index (χ4v) is 6.24. The van der Waals surface area contributed by atoms with Crippen LogP contribution in [0, 0.1) is 11.8 Å². The third kappa shape index (κ3) is 8.60. The Morgan fingerprint density at radius 2 is 1.71 bits per heavy atom. The molecule has 1 aliphatic heterocycles. The van der Waals surface area contributed by atoms with Gasteiger partial charge in [-0.05, 0) is 82.8 Å². The second kappa shape index (κ2) is 13.5. The first-order valence-electron chi connectivity index (χ1n) is 15.4. The first-order valence-corrected chi connectivity index (χ1v) is 18.3. The molecule has 1 fully saturated rings. The number of carbonyl (C=O) groups excluding carboxylic acids is 2. The number of benzene rings is 1. The van der Waals surface area contributed by atoms with E-state index in [1.807, 2.05) is 43.9 Å². The normalized spacial score (nSPS) is 18.2. The molecule has 2 amide bonds. The first kappa shape index (κ1) is 34.1. The van der Waals surface area contributed by atoms with Crippen LogP contribution in [0.15, 0.2) is 30.5 Å². The van der Waals surface area contributed by atoms with Gasteiger partial charge < -0.3 is 28.3 Å². The van der Waals surface area contributed by atoms with Gasteiger partial charge in [-0.15, -0.1) is 0 Å². The lowest BCUT2D eigenvalue weighted by molar-refractivity contribution is 0.0280. The van der Waals surface area contributed by atoms with Crippen molar-refractivity contribution >= 4 is 31.2 Å². The number of rotatable bonds is 11. The fourth-order valence-electron chi connectivity index (χ4n) is 5.18. The molecule has 1 aromatic heterocycles. The molecule has 0 N–H and O–H groups in total. The van der Waals surface area contributed by atoms with E-state index in [2.05, 4.69) is 64.5 Å². The standard InChI is InChI=1S/C33H55N3O5Si/c1-24(2)36(30(37)26-14-13-25-15-17-34(29(25)19-26)16-12-18-39-9)22-27-20-35(31(38)41-32(3,4)5)21-28(27)23-40-42(10,11)33(6,7)8/h13-15,17,19,24,27-28H,12,16,18,20-23H2,1-11H3/t27-,28-/m0/s1. The van der Waals surface area contributed by atoms with Crippen LogP contribution < -0.4 is 0 Å². The molecule has 0 aliphatic carbocycles. The highest BCUT2D eigenvalue weighted by Gasteiger charge is 2.42. The molecule has 1 aliphatic rings. The molecule has 0 radical (unpaired) electrons. The molecule has 42 heavy (non-hydrogen) atoms. The molecular weight excluding hydrogens is 546 g/mol. The first-order chi connectivity index (χ1) is 19.4. The lowest BCUT2D eigenvalue weighted by Gasteiger charge is -2.38. The zero-order valence-electron chi connectivity index (χ0n) is 28.0. The predicted octanol–water partition coefficient (Wildman–Crippen LogP) is 7.03. The zero-order chi connectivity index (χ0) is 31.5. The van der Waals surface area contributed by atoms with Crippen molar-refractivity contribution in [2.75, 3.05) is 40.0 Å². The minimum absolute atomic E-state index is 0.000721. The largest absolute Gasteiger partial charge is 0.444 e. The summed E-state index contributed by atoms with van der Waals surface area (Å²) in [6, 6.07) is 8.06. The topological polar surface area (TPSA) is 73.2 Å². The molecule has 0 unspecified atom stereocenters. The second-order valence-electron chi connectivity index (χ2n) is 14.7. The van der Waals surface area contributed by atoms with Gasteiger partial charge in [-0.2, -0.15) is 0 Å². The highest BCUT2D eigenvalue weighted by Crippen LogP contribution is 2.38. The van der Waals surface area contributed by atoms with Gasteiger partial charge in [-0.3, -0.25) is 4.79 Å². The van der Waals surface area contributed by atoms with Crippen molar-refractivity contribution in [1.29, 1.82) is 0 Å². The van der Waals surface area contributed by atoms with Crippen LogP contribution in [0.5, 0.6) is 0 Å². The quantitative estimate of drug-likeness (QED) is 0.204. The maximum atomic E-state index is 14.0. The number of aromatic nitrogens is 1. The molecule has 0 bridgehead atoms. The molecule has 0 saturated carbocycles.